The van der Waals surface area contributed by atoms with Crippen LogP contribution < -0.4 is 5.19 Å². The average molecular weight is 249 g/mol. The summed E-state index contributed by atoms with van der Waals surface area (Å²) in [5.41, 5.74) is 0. The zero-order chi connectivity index (χ0) is 10.6. The molecule has 0 aliphatic carbocycles. The first kappa shape index (κ1) is 11.6. The number of rotatable bonds is 3. The van der Waals surface area contributed by atoms with E-state index in [-0.39, 0.29) is 0 Å². The van der Waals surface area contributed by atoms with Gasteiger partial charge in [-0.3, -0.25) is 4.79 Å². The molecule has 1 rings (SSSR count). The smallest absolute Gasteiger partial charge is 0.326 e. The summed E-state index contributed by atoms with van der Waals surface area (Å²) in [6, 6.07) is 9.60. The summed E-state index contributed by atoms with van der Waals surface area (Å²) < 4.78 is 5.13. The van der Waals surface area contributed by atoms with Gasteiger partial charge >= 0.3 is 5.97 Å². The molecule has 0 aliphatic rings. The third-order valence-electron chi connectivity index (χ3n) is 1.74. The molecule has 1 unspecified atom stereocenters. The Morgan fingerprint density at radius 2 is 1.93 bits per heavy atom. The Bertz CT molecular complexity index is 303. The lowest BCUT2D eigenvalue weighted by Gasteiger charge is -2.12. The van der Waals surface area contributed by atoms with E-state index in [9.17, 15) is 4.79 Å². The fourth-order valence-electron chi connectivity index (χ4n) is 1.02. The molecular weight excluding hydrogens is 239 g/mol. The van der Waals surface area contributed by atoms with Gasteiger partial charge < -0.3 is 4.43 Å². The summed E-state index contributed by atoms with van der Waals surface area (Å²) in [4.78, 5) is 9.99. The van der Waals surface area contributed by atoms with Crippen LogP contribution in [0.5, 0.6) is 0 Å². The number of hydrogen-bond acceptors (Lipinski definition) is 2. The molecule has 76 valence electrons. The van der Waals surface area contributed by atoms with Crippen LogP contribution in [0.1, 0.15) is 0 Å². The van der Waals surface area contributed by atoms with Gasteiger partial charge in [0.2, 0.25) is 4.84 Å². The predicted octanol–water partition coefficient (Wildman–Crippen LogP) is 1.59. The van der Waals surface area contributed by atoms with Crippen molar-refractivity contribution in [1.29, 1.82) is 0 Å². The highest BCUT2D eigenvalue weighted by Crippen LogP contribution is 2.04. The molecule has 14 heavy (non-hydrogen) atoms. The van der Waals surface area contributed by atoms with Crippen molar-refractivity contribution in [3.8, 4) is 0 Å². The summed E-state index contributed by atoms with van der Waals surface area (Å²) in [6.07, 6.45) is 0. The highest BCUT2D eigenvalue weighted by Gasteiger charge is 2.18. The van der Waals surface area contributed by atoms with Crippen molar-refractivity contribution in [1.82, 2.24) is 0 Å². The van der Waals surface area contributed by atoms with Crippen molar-refractivity contribution in [3.63, 3.8) is 0 Å². The fraction of sp³-hybridized carbons (Fsp3) is 0.222. The third kappa shape index (κ3) is 3.33. The number of carbonyl (C=O) groups excluding carboxylic acids is 1. The highest BCUT2D eigenvalue weighted by atomic mass is 35.5. The van der Waals surface area contributed by atoms with Crippen molar-refractivity contribution >= 4 is 43.4 Å². The standard InChI is InChI=1S/C9H10Cl2O2Si/c1-14(13-9(12)8(10)11)7-5-3-2-4-6-7/h2-6,8,14H,1H3. The average Bonchev–Trinajstić information content (AvgIpc) is 2.19. The molecule has 0 fully saturated rings. The zero-order valence-electron chi connectivity index (χ0n) is 7.61. The van der Waals surface area contributed by atoms with Crippen LogP contribution in [0.15, 0.2) is 30.3 Å². The molecule has 0 aliphatic heterocycles. The summed E-state index contributed by atoms with van der Waals surface area (Å²) in [5.74, 6) is -0.559. The minimum Gasteiger partial charge on any atom is -0.516 e. The van der Waals surface area contributed by atoms with Crippen molar-refractivity contribution in [2.24, 2.45) is 0 Å². The first-order valence-electron chi connectivity index (χ1n) is 4.15. The van der Waals surface area contributed by atoms with Crippen molar-refractivity contribution in [2.45, 2.75) is 11.4 Å². The normalized spacial score (nSPS) is 12.6. The lowest BCUT2D eigenvalue weighted by Crippen LogP contribution is -2.34. The molecule has 0 spiro atoms. The van der Waals surface area contributed by atoms with Crippen LogP contribution in [0.25, 0.3) is 0 Å². The predicted molar refractivity (Wildman–Crippen MR) is 60.7 cm³/mol. The number of carbonyl (C=O) groups is 1. The largest absolute Gasteiger partial charge is 0.516 e. The van der Waals surface area contributed by atoms with Gasteiger partial charge in [-0.1, -0.05) is 53.5 Å². The van der Waals surface area contributed by atoms with Gasteiger partial charge in [0.05, 0.1) is 0 Å². The van der Waals surface area contributed by atoms with Crippen molar-refractivity contribution < 1.29 is 9.22 Å². The molecule has 0 radical (unpaired) electrons. The van der Waals surface area contributed by atoms with Gasteiger partial charge in [-0.05, 0) is 11.7 Å². The summed E-state index contributed by atoms with van der Waals surface area (Å²) in [7, 11) is -1.69. The monoisotopic (exact) mass is 248 g/mol. The van der Waals surface area contributed by atoms with Crippen LogP contribution in [0.3, 0.4) is 0 Å². The van der Waals surface area contributed by atoms with E-state index >= 15 is 0 Å². The van der Waals surface area contributed by atoms with E-state index in [4.69, 9.17) is 27.6 Å². The molecule has 1 atom stereocenters. The third-order valence-corrected chi connectivity index (χ3v) is 4.01. The van der Waals surface area contributed by atoms with Gasteiger partial charge in [0.15, 0.2) is 0 Å². The first-order chi connectivity index (χ1) is 6.61. The minimum atomic E-state index is -1.69. The second-order valence-electron chi connectivity index (χ2n) is 2.79. The molecule has 1 aromatic rings. The molecule has 0 saturated heterocycles. The van der Waals surface area contributed by atoms with Gasteiger partial charge in [0.1, 0.15) is 0 Å². The maximum Gasteiger partial charge on any atom is 0.326 e. The fourth-order valence-corrected chi connectivity index (χ4v) is 2.68. The van der Waals surface area contributed by atoms with E-state index in [1.165, 1.54) is 0 Å². The molecule has 0 aromatic heterocycles. The van der Waals surface area contributed by atoms with E-state index in [1.807, 2.05) is 36.9 Å². The quantitative estimate of drug-likeness (QED) is 0.600. The second kappa shape index (κ2) is 5.39. The molecule has 0 saturated carbocycles. The van der Waals surface area contributed by atoms with E-state index in [0.717, 1.165) is 5.19 Å². The Morgan fingerprint density at radius 3 is 2.43 bits per heavy atom. The van der Waals surface area contributed by atoms with Gasteiger partial charge in [-0.2, -0.15) is 0 Å². The Kier molecular flexibility index (Phi) is 4.45. The van der Waals surface area contributed by atoms with Crippen LogP contribution in [0.4, 0.5) is 0 Å². The topological polar surface area (TPSA) is 26.3 Å². The van der Waals surface area contributed by atoms with Crippen LogP contribution >= 0.6 is 23.2 Å². The molecule has 5 heteroatoms. The summed E-state index contributed by atoms with van der Waals surface area (Å²) in [6.45, 7) is 1.91. The van der Waals surface area contributed by atoms with Crippen molar-refractivity contribution in [2.75, 3.05) is 0 Å². The van der Waals surface area contributed by atoms with E-state index in [0.29, 0.717) is 0 Å². The number of halogens is 2. The van der Waals surface area contributed by atoms with Crippen LogP contribution in [-0.2, 0) is 9.22 Å². The Hall–Kier alpha value is -0.513. The van der Waals surface area contributed by atoms with Gasteiger partial charge in [-0.15, -0.1) is 0 Å². The number of benzene rings is 1. The minimum absolute atomic E-state index is 0.559. The summed E-state index contributed by atoms with van der Waals surface area (Å²) in [5, 5.41) is 1.05. The van der Waals surface area contributed by atoms with E-state index < -0.39 is 19.8 Å². The maximum atomic E-state index is 11.1. The molecule has 2 nitrogen and oxygen atoms in total. The van der Waals surface area contributed by atoms with Gasteiger partial charge in [0.25, 0.3) is 9.04 Å². The lowest BCUT2D eigenvalue weighted by molar-refractivity contribution is -0.132. The maximum absolute atomic E-state index is 11.1. The van der Waals surface area contributed by atoms with Crippen molar-refractivity contribution in [3.05, 3.63) is 30.3 Å². The Labute approximate surface area is 94.5 Å². The Balaban J connectivity index is 2.59. The molecule has 0 bridgehead atoms. The van der Waals surface area contributed by atoms with Crippen LogP contribution in [0, 0.1) is 0 Å². The SMILES string of the molecule is C[SiH](OC(=O)C(Cl)Cl)c1ccccc1. The molecule has 1 aromatic carbocycles. The summed E-state index contributed by atoms with van der Waals surface area (Å²) >= 11 is 10.7. The zero-order valence-corrected chi connectivity index (χ0v) is 10.3. The van der Waals surface area contributed by atoms with E-state index in [1.54, 1.807) is 0 Å². The van der Waals surface area contributed by atoms with E-state index in [2.05, 4.69) is 0 Å². The molecule has 0 heterocycles. The first-order valence-corrected chi connectivity index (χ1v) is 7.22. The van der Waals surface area contributed by atoms with Crippen LogP contribution in [-0.4, -0.2) is 19.8 Å². The van der Waals surface area contributed by atoms with Gasteiger partial charge in [0, 0.05) is 0 Å². The Morgan fingerprint density at radius 1 is 1.36 bits per heavy atom. The molecule has 0 amide bonds. The number of hydrogen-bond donors (Lipinski definition) is 0. The molecule has 0 N–H and O–H groups in total. The number of alkyl halides is 2. The van der Waals surface area contributed by atoms with Gasteiger partial charge in [-0.25, -0.2) is 0 Å². The molecular formula is C9H10Cl2O2Si. The highest BCUT2D eigenvalue weighted by molar-refractivity contribution is 6.68. The van der Waals surface area contributed by atoms with Crippen LogP contribution in [0.2, 0.25) is 6.55 Å². The second-order valence-corrected chi connectivity index (χ2v) is 6.07. The lowest BCUT2D eigenvalue weighted by atomic mass is 10.4.